The fourth-order valence-corrected chi connectivity index (χ4v) is 1.90. The van der Waals surface area contributed by atoms with E-state index in [-0.39, 0.29) is 11.9 Å². The molecule has 1 aromatic carbocycles. The Kier molecular flexibility index (Phi) is 3.41. The molecule has 16 heavy (non-hydrogen) atoms. The van der Waals surface area contributed by atoms with Gasteiger partial charge in [-0.15, -0.1) is 0 Å². The number of piperazine rings is 1. The predicted molar refractivity (Wildman–Crippen MR) is 61.5 cm³/mol. The molecule has 4 heteroatoms. The molecule has 1 atom stereocenters. The lowest BCUT2D eigenvalue weighted by atomic mass is 10.0. The predicted octanol–water partition coefficient (Wildman–Crippen LogP) is 0.326. The van der Waals surface area contributed by atoms with Crippen LogP contribution in [-0.4, -0.2) is 32.1 Å². The molecule has 0 spiro atoms. The molecule has 0 radical (unpaired) electrons. The fourth-order valence-electron chi connectivity index (χ4n) is 1.90. The van der Waals surface area contributed by atoms with Gasteiger partial charge in [0.15, 0.2) is 0 Å². The molecular weight excluding hydrogens is 204 g/mol. The Morgan fingerprint density at radius 3 is 3.12 bits per heavy atom. The zero-order valence-corrected chi connectivity index (χ0v) is 9.32. The molecule has 0 aromatic heterocycles. The van der Waals surface area contributed by atoms with Gasteiger partial charge >= 0.3 is 0 Å². The number of nitrogens with one attached hydrogen (secondary N) is 2. The Labute approximate surface area is 95.0 Å². The summed E-state index contributed by atoms with van der Waals surface area (Å²) in [7, 11) is 1.66. The minimum Gasteiger partial charge on any atom is -0.497 e. The molecule has 1 aromatic rings. The smallest absolute Gasteiger partial charge is 0.234 e. The van der Waals surface area contributed by atoms with Crippen molar-refractivity contribution in [3.8, 4) is 5.75 Å². The number of hydrogen-bond acceptors (Lipinski definition) is 3. The van der Waals surface area contributed by atoms with Gasteiger partial charge in [0.1, 0.15) is 5.75 Å². The number of benzene rings is 1. The molecule has 1 fully saturated rings. The molecule has 0 bridgehead atoms. The number of carbonyl (C=O) groups is 1. The Hall–Kier alpha value is -1.55. The highest BCUT2D eigenvalue weighted by Crippen LogP contribution is 2.14. The van der Waals surface area contributed by atoms with Gasteiger partial charge in [-0.05, 0) is 24.1 Å². The highest BCUT2D eigenvalue weighted by Gasteiger charge is 2.17. The average molecular weight is 220 g/mol. The zero-order chi connectivity index (χ0) is 11.4. The van der Waals surface area contributed by atoms with Crippen molar-refractivity contribution in [3.63, 3.8) is 0 Å². The minimum absolute atomic E-state index is 0.0687. The van der Waals surface area contributed by atoms with Crippen LogP contribution in [-0.2, 0) is 11.2 Å². The lowest BCUT2D eigenvalue weighted by Gasteiger charge is -2.24. The summed E-state index contributed by atoms with van der Waals surface area (Å²) in [5.74, 6) is 0.923. The van der Waals surface area contributed by atoms with Crippen LogP contribution in [0.5, 0.6) is 5.75 Å². The molecular formula is C12H16N2O2. The van der Waals surface area contributed by atoms with Crippen LogP contribution in [0.2, 0.25) is 0 Å². The largest absolute Gasteiger partial charge is 0.497 e. The Morgan fingerprint density at radius 2 is 2.38 bits per heavy atom. The molecule has 1 unspecified atom stereocenters. The summed E-state index contributed by atoms with van der Waals surface area (Å²) >= 11 is 0. The number of ether oxygens (including phenoxy) is 1. The van der Waals surface area contributed by atoms with E-state index in [0.29, 0.717) is 6.54 Å². The van der Waals surface area contributed by atoms with Crippen molar-refractivity contribution in [2.75, 3.05) is 20.2 Å². The first-order valence-electron chi connectivity index (χ1n) is 5.41. The van der Waals surface area contributed by atoms with Crippen LogP contribution in [0.4, 0.5) is 0 Å². The summed E-state index contributed by atoms with van der Waals surface area (Å²) in [4.78, 5) is 11.2. The summed E-state index contributed by atoms with van der Waals surface area (Å²) < 4.78 is 5.16. The second-order valence-electron chi connectivity index (χ2n) is 3.95. The molecule has 1 aliphatic heterocycles. The fraction of sp³-hybridized carbons (Fsp3) is 0.417. The van der Waals surface area contributed by atoms with E-state index in [4.69, 9.17) is 4.74 Å². The van der Waals surface area contributed by atoms with Crippen LogP contribution in [0.3, 0.4) is 0 Å². The molecule has 0 aliphatic carbocycles. The van der Waals surface area contributed by atoms with Gasteiger partial charge in [-0.25, -0.2) is 0 Å². The number of carbonyl (C=O) groups excluding carboxylic acids is 1. The van der Waals surface area contributed by atoms with Crippen LogP contribution < -0.4 is 15.4 Å². The van der Waals surface area contributed by atoms with Gasteiger partial charge in [-0.2, -0.15) is 0 Å². The van der Waals surface area contributed by atoms with Gasteiger partial charge in [-0.1, -0.05) is 12.1 Å². The van der Waals surface area contributed by atoms with Crippen molar-refractivity contribution in [2.45, 2.75) is 12.5 Å². The molecule has 1 aliphatic rings. The minimum atomic E-state index is 0.0687. The summed E-state index contributed by atoms with van der Waals surface area (Å²) in [6.07, 6.45) is 0.829. The van der Waals surface area contributed by atoms with Gasteiger partial charge in [0, 0.05) is 12.6 Å². The van der Waals surface area contributed by atoms with Gasteiger partial charge in [0.25, 0.3) is 0 Å². The average Bonchev–Trinajstić information content (AvgIpc) is 2.29. The third-order valence-corrected chi connectivity index (χ3v) is 2.66. The third-order valence-electron chi connectivity index (χ3n) is 2.66. The molecule has 86 valence electrons. The van der Waals surface area contributed by atoms with E-state index in [1.165, 1.54) is 5.56 Å². The number of amides is 1. The Bertz CT molecular complexity index is 379. The lowest BCUT2D eigenvalue weighted by Crippen LogP contribution is -2.52. The van der Waals surface area contributed by atoms with Gasteiger partial charge < -0.3 is 15.4 Å². The zero-order valence-electron chi connectivity index (χ0n) is 9.32. The molecule has 1 heterocycles. The van der Waals surface area contributed by atoms with Gasteiger partial charge in [-0.3, -0.25) is 4.79 Å². The molecule has 1 saturated heterocycles. The second-order valence-corrected chi connectivity index (χ2v) is 3.95. The highest BCUT2D eigenvalue weighted by atomic mass is 16.5. The topological polar surface area (TPSA) is 50.4 Å². The van der Waals surface area contributed by atoms with Crippen molar-refractivity contribution in [3.05, 3.63) is 29.8 Å². The van der Waals surface area contributed by atoms with Crippen molar-refractivity contribution in [2.24, 2.45) is 0 Å². The molecule has 1 amide bonds. The van der Waals surface area contributed by atoms with Crippen molar-refractivity contribution >= 4 is 5.91 Å². The number of hydrogen-bond donors (Lipinski definition) is 2. The van der Waals surface area contributed by atoms with Crippen molar-refractivity contribution in [1.82, 2.24) is 10.6 Å². The maximum atomic E-state index is 11.2. The highest BCUT2D eigenvalue weighted by molar-refractivity contribution is 5.79. The summed E-state index contributed by atoms with van der Waals surface area (Å²) in [5.41, 5.74) is 1.17. The monoisotopic (exact) mass is 220 g/mol. The summed E-state index contributed by atoms with van der Waals surface area (Å²) in [5, 5.41) is 6.05. The third kappa shape index (κ3) is 2.73. The van der Waals surface area contributed by atoms with Crippen molar-refractivity contribution < 1.29 is 9.53 Å². The van der Waals surface area contributed by atoms with E-state index in [1.54, 1.807) is 7.11 Å². The van der Waals surface area contributed by atoms with Crippen LogP contribution in [0.1, 0.15) is 5.56 Å². The van der Waals surface area contributed by atoms with Gasteiger partial charge in [0.05, 0.1) is 13.7 Å². The first-order valence-corrected chi connectivity index (χ1v) is 5.41. The van der Waals surface area contributed by atoms with E-state index < -0.39 is 0 Å². The van der Waals surface area contributed by atoms with E-state index in [9.17, 15) is 4.79 Å². The normalized spacial score (nSPS) is 20.3. The standard InChI is InChI=1S/C12H16N2O2/c1-16-11-4-2-3-9(6-11)5-10-7-13-8-12(15)14-10/h2-4,6,10,13H,5,7-8H2,1H3,(H,14,15). The van der Waals surface area contributed by atoms with Crippen LogP contribution >= 0.6 is 0 Å². The second kappa shape index (κ2) is 4.99. The van der Waals surface area contributed by atoms with E-state index >= 15 is 0 Å². The Balaban J connectivity index is 1.99. The van der Waals surface area contributed by atoms with Crippen LogP contribution in [0.15, 0.2) is 24.3 Å². The molecule has 0 saturated carbocycles. The molecule has 2 N–H and O–H groups in total. The number of rotatable bonds is 3. The van der Waals surface area contributed by atoms with Crippen LogP contribution in [0.25, 0.3) is 0 Å². The van der Waals surface area contributed by atoms with Crippen LogP contribution in [0, 0.1) is 0 Å². The maximum Gasteiger partial charge on any atom is 0.234 e. The first-order chi connectivity index (χ1) is 7.78. The quantitative estimate of drug-likeness (QED) is 0.771. The van der Waals surface area contributed by atoms with Gasteiger partial charge in [0.2, 0.25) is 5.91 Å². The molecule has 4 nitrogen and oxygen atoms in total. The van der Waals surface area contributed by atoms with E-state index in [0.717, 1.165) is 18.7 Å². The van der Waals surface area contributed by atoms with E-state index in [2.05, 4.69) is 10.6 Å². The number of methoxy groups -OCH3 is 1. The summed E-state index contributed by atoms with van der Waals surface area (Å²) in [6.45, 7) is 1.25. The lowest BCUT2D eigenvalue weighted by molar-refractivity contribution is -0.122. The van der Waals surface area contributed by atoms with Crippen molar-refractivity contribution in [1.29, 1.82) is 0 Å². The summed E-state index contributed by atoms with van der Waals surface area (Å²) in [6, 6.07) is 8.10. The van der Waals surface area contributed by atoms with E-state index in [1.807, 2.05) is 24.3 Å². The molecule has 2 rings (SSSR count). The SMILES string of the molecule is COc1cccc(CC2CNCC(=O)N2)c1. The Morgan fingerprint density at radius 1 is 1.50 bits per heavy atom. The first kappa shape index (κ1) is 11.0. The maximum absolute atomic E-state index is 11.2.